The summed E-state index contributed by atoms with van der Waals surface area (Å²) in [6.07, 6.45) is 7.07. The lowest BCUT2D eigenvalue weighted by atomic mass is 9.84. The molecule has 1 N–H and O–H groups in total. The topological polar surface area (TPSA) is 83.6 Å². The molecule has 4 rings (SSSR count). The first-order valence-corrected chi connectivity index (χ1v) is 14.3. The number of sulfonamides is 2. The lowest BCUT2D eigenvalue weighted by Crippen LogP contribution is -2.46. The molecule has 0 unspecified atom stereocenters. The van der Waals surface area contributed by atoms with Gasteiger partial charge in [-0.1, -0.05) is 37.5 Å². The number of benzene rings is 1. The zero-order valence-corrected chi connectivity index (χ0v) is 19.3. The summed E-state index contributed by atoms with van der Waals surface area (Å²) >= 11 is 1.18. The van der Waals surface area contributed by atoms with Gasteiger partial charge in [0.05, 0.1) is 4.90 Å². The van der Waals surface area contributed by atoms with Gasteiger partial charge in [-0.15, -0.1) is 11.3 Å². The molecule has 0 bridgehead atoms. The van der Waals surface area contributed by atoms with Gasteiger partial charge in [-0.25, -0.2) is 21.6 Å². The Kier molecular flexibility index (Phi) is 6.64. The van der Waals surface area contributed by atoms with Crippen molar-refractivity contribution < 1.29 is 16.8 Å². The van der Waals surface area contributed by atoms with Crippen LogP contribution in [0.25, 0.3) is 0 Å². The molecule has 2 heterocycles. The molecule has 0 spiro atoms. The van der Waals surface area contributed by atoms with Gasteiger partial charge < -0.3 is 0 Å². The van der Waals surface area contributed by atoms with Crippen LogP contribution < -0.4 is 4.72 Å². The van der Waals surface area contributed by atoms with E-state index < -0.39 is 20.0 Å². The average molecular weight is 469 g/mol. The zero-order valence-electron chi connectivity index (χ0n) is 16.9. The van der Waals surface area contributed by atoms with Crippen molar-refractivity contribution in [2.24, 2.45) is 0 Å². The van der Waals surface area contributed by atoms with E-state index >= 15 is 0 Å². The molecular formula is C21H28N2O4S3. The van der Waals surface area contributed by atoms with Crippen molar-refractivity contribution in [1.82, 2.24) is 9.03 Å². The van der Waals surface area contributed by atoms with Crippen molar-refractivity contribution in [2.75, 3.05) is 13.1 Å². The third-order valence-corrected chi connectivity index (χ3v) is 11.0. The SMILES string of the molecule is O=S(=O)(NC1CCN(S(=O)(=O)c2ccc(C3CCCCC3)cc2)CC1)c1cccs1. The Morgan fingerprint density at radius 1 is 0.867 bits per heavy atom. The van der Waals surface area contributed by atoms with Crippen molar-refractivity contribution in [3.05, 3.63) is 47.3 Å². The highest BCUT2D eigenvalue weighted by Gasteiger charge is 2.31. The van der Waals surface area contributed by atoms with Gasteiger partial charge in [0, 0.05) is 19.1 Å². The number of nitrogens with one attached hydrogen (secondary N) is 1. The Labute approximate surface area is 183 Å². The van der Waals surface area contributed by atoms with Gasteiger partial charge in [0.1, 0.15) is 4.21 Å². The predicted molar refractivity (Wildman–Crippen MR) is 119 cm³/mol. The maximum Gasteiger partial charge on any atom is 0.250 e. The van der Waals surface area contributed by atoms with Gasteiger partial charge in [0.2, 0.25) is 20.0 Å². The molecule has 2 fully saturated rings. The second-order valence-corrected chi connectivity index (χ2v) is 13.0. The van der Waals surface area contributed by atoms with E-state index in [0.29, 0.717) is 36.7 Å². The Morgan fingerprint density at radius 3 is 2.13 bits per heavy atom. The lowest BCUT2D eigenvalue weighted by Gasteiger charge is -2.31. The molecule has 30 heavy (non-hydrogen) atoms. The summed E-state index contributed by atoms with van der Waals surface area (Å²) in [6.45, 7) is 0.620. The number of thiophene rings is 1. The molecule has 1 aromatic heterocycles. The van der Waals surface area contributed by atoms with E-state index in [9.17, 15) is 16.8 Å². The number of piperidine rings is 1. The maximum absolute atomic E-state index is 13.0. The van der Waals surface area contributed by atoms with E-state index in [1.165, 1.54) is 53.3 Å². The minimum absolute atomic E-state index is 0.253. The molecule has 0 radical (unpaired) electrons. The molecule has 0 amide bonds. The van der Waals surface area contributed by atoms with Crippen LogP contribution in [0.2, 0.25) is 0 Å². The number of hydrogen-bond donors (Lipinski definition) is 1. The van der Waals surface area contributed by atoms with Crippen molar-refractivity contribution >= 4 is 31.4 Å². The van der Waals surface area contributed by atoms with Crippen LogP contribution in [0.1, 0.15) is 56.4 Å². The second kappa shape index (κ2) is 9.08. The fraction of sp³-hybridized carbons (Fsp3) is 0.524. The van der Waals surface area contributed by atoms with E-state index in [1.807, 2.05) is 12.1 Å². The number of rotatable bonds is 6. The van der Waals surface area contributed by atoms with Gasteiger partial charge in [0.15, 0.2) is 0 Å². The van der Waals surface area contributed by atoms with Gasteiger partial charge >= 0.3 is 0 Å². The van der Waals surface area contributed by atoms with Gasteiger partial charge in [-0.2, -0.15) is 4.31 Å². The van der Waals surface area contributed by atoms with Crippen molar-refractivity contribution in [3.63, 3.8) is 0 Å². The molecule has 9 heteroatoms. The summed E-state index contributed by atoms with van der Waals surface area (Å²) in [5.41, 5.74) is 1.23. The maximum atomic E-state index is 13.0. The first kappa shape index (κ1) is 22.0. The second-order valence-electron chi connectivity index (χ2n) is 8.14. The monoisotopic (exact) mass is 468 g/mol. The van der Waals surface area contributed by atoms with Gasteiger partial charge in [0.25, 0.3) is 0 Å². The van der Waals surface area contributed by atoms with Crippen LogP contribution in [0.15, 0.2) is 50.9 Å². The van der Waals surface area contributed by atoms with Crippen LogP contribution >= 0.6 is 11.3 Å². The van der Waals surface area contributed by atoms with Crippen molar-refractivity contribution in [3.8, 4) is 0 Å². The molecule has 2 aliphatic rings. The van der Waals surface area contributed by atoms with Crippen molar-refractivity contribution in [1.29, 1.82) is 0 Å². The third kappa shape index (κ3) is 4.80. The first-order valence-electron chi connectivity index (χ1n) is 10.5. The largest absolute Gasteiger partial charge is 0.250 e. The molecule has 164 valence electrons. The van der Waals surface area contributed by atoms with E-state index in [1.54, 1.807) is 29.6 Å². The van der Waals surface area contributed by atoms with Crippen LogP contribution in [0.4, 0.5) is 0 Å². The molecule has 1 aliphatic heterocycles. The molecule has 0 atom stereocenters. The minimum atomic E-state index is -3.56. The lowest BCUT2D eigenvalue weighted by molar-refractivity contribution is 0.308. The van der Waals surface area contributed by atoms with Crippen LogP contribution in [0.5, 0.6) is 0 Å². The van der Waals surface area contributed by atoms with E-state index in [-0.39, 0.29) is 10.3 Å². The number of nitrogens with zero attached hydrogens (tertiary/aromatic N) is 1. The summed E-state index contributed by atoms with van der Waals surface area (Å²) in [4.78, 5) is 0.319. The van der Waals surface area contributed by atoms with E-state index in [4.69, 9.17) is 0 Å². The summed E-state index contributed by atoms with van der Waals surface area (Å²) in [5.74, 6) is 0.544. The predicted octanol–water partition coefficient (Wildman–Crippen LogP) is 3.93. The van der Waals surface area contributed by atoms with E-state index in [0.717, 1.165) is 0 Å². The highest BCUT2D eigenvalue weighted by atomic mass is 32.2. The first-order chi connectivity index (χ1) is 14.4. The van der Waals surface area contributed by atoms with Crippen LogP contribution in [0, 0.1) is 0 Å². The molecule has 1 aromatic carbocycles. The zero-order chi connectivity index (χ0) is 21.2. The molecular weight excluding hydrogens is 440 g/mol. The number of hydrogen-bond acceptors (Lipinski definition) is 5. The van der Waals surface area contributed by atoms with Gasteiger partial charge in [-0.3, -0.25) is 0 Å². The normalized spacial score (nSPS) is 20.4. The van der Waals surface area contributed by atoms with E-state index in [2.05, 4.69) is 4.72 Å². The van der Waals surface area contributed by atoms with Crippen LogP contribution in [0.3, 0.4) is 0 Å². The Bertz CT molecular complexity index is 1030. The summed E-state index contributed by atoms with van der Waals surface area (Å²) < 4.78 is 55.3. The molecule has 2 aromatic rings. The fourth-order valence-electron chi connectivity index (χ4n) is 4.40. The smallest absolute Gasteiger partial charge is 0.207 e. The summed E-state index contributed by atoms with van der Waals surface area (Å²) in [7, 11) is -7.10. The highest BCUT2D eigenvalue weighted by Crippen LogP contribution is 2.33. The molecule has 1 aliphatic carbocycles. The quantitative estimate of drug-likeness (QED) is 0.696. The Morgan fingerprint density at radius 2 is 1.53 bits per heavy atom. The van der Waals surface area contributed by atoms with Crippen LogP contribution in [-0.2, 0) is 20.0 Å². The molecule has 6 nitrogen and oxygen atoms in total. The average Bonchev–Trinajstić information content (AvgIpc) is 3.31. The van der Waals surface area contributed by atoms with Crippen LogP contribution in [-0.4, -0.2) is 40.3 Å². The van der Waals surface area contributed by atoms with Crippen molar-refractivity contribution in [2.45, 2.75) is 66.0 Å². The minimum Gasteiger partial charge on any atom is -0.207 e. The van der Waals surface area contributed by atoms with Gasteiger partial charge in [-0.05, 0) is 60.7 Å². The third-order valence-electron chi connectivity index (χ3n) is 6.13. The fourth-order valence-corrected chi connectivity index (χ4v) is 8.19. The Balaban J connectivity index is 1.37. The molecule has 1 saturated heterocycles. The standard InChI is InChI=1S/C21H28N2O4S3/c24-29(25,21-7-4-16-28-21)22-19-12-14-23(15-13-19)30(26,27)20-10-8-18(9-11-20)17-5-2-1-3-6-17/h4,7-11,16-17,19,22H,1-3,5-6,12-15H2. The summed E-state index contributed by atoms with van der Waals surface area (Å²) in [6, 6.07) is 10.4. The molecule has 1 saturated carbocycles. The highest BCUT2D eigenvalue weighted by molar-refractivity contribution is 7.91. The Hall–Kier alpha value is -1.26. The summed E-state index contributed by atoms with van der Waals surface area (Å²) in [5, 5.41) is 1.73.